The van der Waals surface area contributed by atoms with E-state index in [2.05, 4.69) is 4.72 Å². The molecule has 1 saturated heterocycles. The number of carbonyl (C=O) groups excluding carboxylic acids is 1. The summed E-state index contributed by atoms with van der Waals surface area (Å²) >= 11 is 0. The molecule has 122 valence electrons. The van der Waals surface area contributed by atoms with Crippen molar-refractivity contribution in [2.45, 2.75) is 44.2 Å². The number of likely N-dealkylation sites (tertiary alicyclic amines) is 1. The molecule has 1 aliphatic heterocycles. The van der Waals surface area contributed by atoms with Crippen LogP contribution in [0.3, 0.4) is 0 Å². The minimum atomic E-state index is -3.66. The number of aryl methyl sites for hydroxylation is 1. The first kappa shape index (κ1) is 16.8. The Hall–Kier alpha value is -1.60. The van der Waals surface area contributed by atoms with Gasteiger partial charge in [0.1, 0.15) is 5.75 Å². The van der Waals surface area contributed by atoms with Gasteiger partial charge in [0.25, 0.3) is 0 Å². The van der Waals surface area contributed by atoms with Crippen molar-refractivity contribution < 1.29 is 17.9 Å². The van der Waals surface area contributed by atoms with Crippen LogP contribution in [0.4, 0.5) is 0 Å². The van der Waals surface area contributed by atoms with Crippen LogP contribution in [-0.4, -0.2) is 45.0 Å². The lowest BCUT2D eigenvalue weighted by Gasteiger charge is -2.21. The van der Waals surface area contributed by atoms with Gasteiger partial charge in [-0.05, 0) is 44.5 Å². The van der Waals surface area contributed by atoms with Crippen LogP contribution in [0.25, 0.3) is 0 Å². The van der Waals surface area contributed by atoms with E-state index in [4.69, 9.17) is 4.74 Å². The molecule has 0 radical (unpaired) electrons. The molecule has 1 N–H and O–H groups in total. The first-order valence-corrected chi connectivity index (χ1v) is 8.69. The van der Waals surface area contributed by atoms with E-state index in [0.717, 1.165) is 0 Å². The van der Waals surface area contributed by atoms with E-state index in [-0.39, 0.29) is 29.3 Å². The van der Waals surface area contributed by atoms with Crippen molar-refractivity contribution in [2.24, 2.45) is 0 Å². The summed E-state index contributed by atoms with van der Waals surface area (Å²) in [4.78, 5) is 13.8. The van der Waals surface area contributed by atoms with Gasteiger partial charge in [0.2, 0.25) is 15.9 Å². The molecule has 1 aliphatic rings. The third-order valence-corrected chi connectivity index (χ3v) is 5.46. The number of benzene rings is 1. The second-order valence-corrected chi connectivity index (χ2v) is 7.48. The van der Waals surface area contributed by atoms with E-state index in [0.29, 0.717) is 17.9 Å². The van der Waals surface area contributed by atoms with Crippen LogP contribution < -0.4 is 9.46 Å². The van der Waals surface area contributed by atoms with E-state index in [1.807, 2.05) is 13.8 Å². The topological polar surface area (TPSA) is 75.7 Å². The zero-order valence-electron chi connectivity index (χ0n) is 13.3. The molecule has 0 saturated carbocycles. The van der Waals surface area contributed by atoms with Gasteiger partial charge in [-0.15, -0.1) is 0 Å². The maximum Gasteiger partial charge on any atom is 0.241 e. The Morgan fingerprint density at radius 2 is 2.05 bits per heavy atom. The maximum atomic E-state index is 12.5. The minimum absolute atomic E-state index is 0.0193. The summed E-state index contributed by atoms with van der Waals surface area (Å²) in [5, 5.41) is 0. The molecule has 0 aliphatic carbocycles. The fourth-order valence-corrected chi connectivity index (χ4v) is 4.10. The van der Waals surface area contributed by atoms with Crippen LogP contribution in [-0.2, 0) is 14.8 Å². The first-order valence-electron chi connectivity index (χ1n) is 7.21. The van der Waals surface area contributed by atoms with Crippen LogP contribution in [0.1, 0.15) is 25.8 Å². The Morgan fingerprint density at radius 1 is 1.36 bits per heavy atom. The highest BCUT2D eigenvalue weighted by molar-refractivity contribution is 7.89. The molecule has 1 heterocycles. The Morgan fingerprint density at radius 3 is 2.55 bits per heavy atom. The Balaban J connectivity index is 2.17. The molecule has 1 aromatic rings. The highest BCUT2D eigenvalue weighted by Gasteiger charge is 2.34. The van der Waals surface area contributed by atoms with Crippen LogP contribution in [0.15, 0.2) is 23.1 Å². The number of nitrogens with one attached hydrogen (secondary N) is 1. The van der Waals surface area contributed by atoms with Gasteiger partial charge in [-0.25, -0.2) is 13.1 Å². The Kier molecular flexibility index (Phi) is 4.77. The Bertz CT molecular complexity index is 670. The van der Waals surface area contributed by atoms with Crippen LogP contribution in [0, 0.1) is 6.92 Å². The molecule has 0 spiro atoms. The van der Waals surface area contributed by atoms with E-state index < -0.39 is 10.0 Å². The van der Waals surface area contributed by atoms with Crippen LogP contribution in [0.2, 0.25) is 0 Å². The van der Waals surface area contributed by atoms with E-state index >= 15 is 0 Å². The third-order valence-electron chi connectivity index (χ3n) is 3.78. The van der Waals surface area contributed by atoms with Crippen molar-refractivity contribution in [3.63, 3.8) is 0 Å². The molecule has 1 atom stereocenters. The van der Waals surface area contributed by atoms with Crippen LogP contribution >= 0.6 is 0 Å². The Labute approximate surface area is 131 Å². The fraction of sp³-hybridized carbons (Fsp3) is 0.533. The zero-order valence-corrected chi connectivity index (χ0v) is 14.1. The molecule has 6 nitrogen and oxygen atoms in total. The molecule has 1 amide bonds. The predicted molar refractivity (Wildman–Crippen MR) is 83.3 cm³/mol. The van der Waals surface area contributed by atoms with Gasteiger partial charge in [0.15, 0.2) is 0 Å². The number of ether oxygens (including phenoxy) is 1. The van der Waals surface area contributed by atoms with Gasteiger partial charge >= 0.3 is 0 Å². The molecule has 1 unspecified atom stereocenters. The molecule has 1 aromatic carbocycles. The number of hydrogen-bond donors (Lipinski definition) is 1. The SMILES string of the molecule is COc1ccc(S(=O)(=O)NC2CC(=O)N(C(C)C)C2)c(C)c1. The summed E-state index contributed by atoms with van der Waals surface area (Å²) in [5.74, 6) is 0.590. The third kappa shape index (κ3) is 3.41. The van der Waals surface area contributed by atoms with E-state index in [1.54, 1.807) is 24.0 Å². The number of nitrogens with zero attached hydrogens (tertiary/aromatic N) is 1. The van der Waals surface area contributed by atoms with Gasteiger partial charge in [-0.1, -0.05) is 0 Å². The number of hydrogen-bond acceptors (Lipinski definition) is 4. The van der Waals surface area contributed by atoms with Crippen molar-refractivity contribution in [2.75, 3.05) is 13.7 Å². The average molecular weight is 326 g/mol. The smallest absolute Gasteiger partial charge is 0.241 e. The van der Waals surface area contributed by atoms with Crippen molar-refractivity contribution in [1.82, 2.24) is 9.62 Å². The van der Waals surface area contributed by atoms with E-state index in [9.17, 15) is 13.2 Å². The summed E-state index contributed by atoms with van der Waals surface area (Å²) in [6, 6.07) is 4.50. The first-order chi connectivity index (χ1) is 10.2. The molecule has 2 rings (SSSR count). The maximum absolute atomic E-state index is 12.5. The molecular weight excluding hydrogens is 304 g/mol. The largest absolute Gasteiger partial charge is 0.497 e. The normalized spacial score (nSPS) is 19.0. The number of amides is 1. The van der Waals surface area contributed by atoms with Gasteiger partial charge in [-0.3, -0.25) is 4.79 Å². The summed E-state index contributed by atoms with van der Waals surface area (Å²) in [6.45, 7) is 5.97. The minimum Gasteiger partial charge on any atom is -0.497 e. The second kappa shape index (κ2) is 6.26. The highest BCUT2D eigenvalue weighted by Crippen LogP contribution is 2.22. The molecule has 22 heavy (non-hydrogen) atoms. The molecule has 0 aromatic heterocycles. The molecule has 7 heteroatoms. The quantitative estimate of drug-likeness (QED) is 0.885. The molecular formula is C15H22N2O4S. The van der Waals surface area contributed by atoms with Crippen molar-refractivity contribution in [1.29, 1.82) is 0 Å². The molecule has 0 bridgehead atoms. The zero-order chi connectivity index (χ0) is 16.5. The van der Waals surface area contributed by atoms with Crippen molar-refractivity contribution in [3.8, 4) is 5.75 Å². The van der Waals surface area contributed by atoms with Crippen LogP contribution in [0.5, 0.6) is 5.75 Å². The van der Waals surface area contributed by atoms with Crippen molar-refractivity contribution in [3.05, 3.63) is 23.8 Å². The highest BCUT2D eigenvalue weighted by atomic mass is 32.2. The van der Waals surface area contributed by atoms with Gasteiger partial charge in [0.05, 0.1) is 12.0 Å². The lowest BCUT2D eigenvalue weighted by Crippen LogP contribution is -2.39. The van der Waals surface area contributed by atoms with Crippen molar-refractivity contribution >= 4 is 15.9 Å². The lowest BCUT2D eigenvalue weighted by atomic mass is 10.2. The number of methoxy groups -OCH3 is 1. The lowest BCUT2D eigenvalue weighted by molar-refractivity contribution is -0.129. The molecule has 1 fully saturated rings. The summed E-state index contributed by atoms with van der Waals surface area (Å²) in [7, 11) is -2.12. The summed E-state index contributed by atoms with van der Waals surface area (Å²) in [5.41, 5.74) is 0.608. The fourth-order valence-electron chi connectivity index (χ4n) is 2.64. The monoisotopic (exact) mass is 326 g/mol. The predicted octanol–water partition coefficient (Wildman–Crippen LogP) is 1.29. The van der Waals surface area contributed by atoms with Gasteiger partial charge in [0, 0.05) is 25.0 Å². The standard InChI is InChI=1S/C15H22N2O4S/c1-10(2)17-9-12(8-15(17)18)16-22(19,20)14-6-5-13(21-4)7-11(14)3/h5-7,10,12,16H,8-9H2,1-4H3. The van der Waals surface area contributed by atoms with Gasteiger partial charge in [-0.2, -0.15) is 0 Å². The number of sulfonamides is 1. The number of rotatable bonds is 5. The second-order valence-electron chi connectivity index (χ2n) is 5.79. The summed E-state index contributed by atoms with van der Waals surface area (Å²) in [6.07, 6.45) is 0.201. The average Bonchev–Trinajstić information content (AvgIpc) is 2.78. The number of carbonyl (C=O) groups is 1. The van der Waals surface area contributed by atoms with E-state index in [1.165, 1.54) is 13.2 Å². The summed E-state index contributed by atoms with van der Waals surface area (Å²) < 4.78 is 32.7. The van der Waals surface area contributed by atoms with Gasteiger partial charge < -0.3 is 9.64 Å².